The fraction of sp³-hybridized carbons (Fsp3) is 0.308. The molecule has 168 valence electrons. The molecule has 6 nitrogen and oxygen atoms in total. The molecule has 0 spiro atoms. The summed E-state index contributed by atoms with van der Waals surface area (Å²) < 4.78 is 10.1. The lowest BCUT2D eigenvalue weighted by molar-refractivity contribution is -0.138. The van der Waals surface area contributed by atoms with Gasteiger partial charge in [-0.05, 0) is 54.3 Å². The van der Waals surface area contributed by atoms with Crippen molar-refractivity contribution in [2.75, 3.05) is 24.9 Å². The number of anilines is 2. The van der Waals surface area contributed by atoms with Gasteiger partial charge in [0.05, 0.1) is 31.4 Å². The molecular formula is C26H30N2O4. The third-order valence-electron chi connectivity index (χ3n) is 5.61. The predicted octanol–water partition coefficient (Wildman–Crippen LogP) is 4.63. The maximum Gasteiger partial charge on any atom is 0.335 e. The number of carbonyl (C=O) groups is 2. The summed E-state index contributed by atoms with van der Waals surface area (Å²) in [6.45, 7) is 4.19. The molecule has 1 atom stereocenters. The maximum absolute atomic E-state index is 12.6. The smallest absolute Gasteiger partial charge is 0.335 e. The van der Waals surface area contributed by atoms with Crippen LogP contribution in [-0.4, -0.2) is 32.2 Å². The Labute approximate surface area is 189 Å². The lowest BCUT2D eigenvalue weighted by Crippen LogP contribution is -2.33. The Bertz CT molecular complexity index is 1020. The number of benzene rings is 2. The minimum atomic E-state index is -0.447. The van der Waals surface area contributed by atoms with Crippen LogP contribution in [0.25, 0.3) is 0 Å². The number of hydrogen-bond donors (Lipinski definition) is 2. The molecule has 0 bridgehead atoms. The van der Waals surface area contributed by atoms with E-state index in [-0.39, 0.29) is 6.42 Å². The first-order chi connectivity index (χ1) is 15.5. The Kier molecular flexibility index (Phi) is 7.71. The quantitative estimate of drug-likeness (QED) is 0.590. The summed E-state index contributed by atoms with van der Waals surface area (Å²) in [5, 5.41) is 6.64. The van der Waals surface area contributed by atoms with Crippen LogP contribution in [0.1, 0.15) is 31.4 Å². The van der Waals surface area contributed by atoms with Crippen LogP contribution in [0.15, 0.2) is 71.5 Å². The highest BCUT2D eigenvalue weighted by molar-refractivity contribution is 5.97. The molecule has 0 heterocycles. The molecule has 0 saturated heterocycles. The van der Waals surface area contributed by atoms with Gasteiger partial charge in [-0.25, -0.2) is 9.59 Å². The van der Waals surface area contributed by atoms with Gasteiger partial charge in [0.2, 0.25) is 0 Å². The van der Waals surface area contributed by atoms with E-state index in [1.165, 1.54) is 25.3 Å². The highest BCUT2D eigenvalue weighted by Gasteiger charge is 2.32. The van der Waals surface area contributed by atoms with Gasteiger partial charge in [-0.1, -0.05) is 38.1 Å². The maximum atomic E-state index is 12.6. The van der Waals surface area contributed by atoms with E-state index in [0.717, 1.165) is 24.2 Å². The van der Waals surface area contributed by atoms with Crippen LogP contribution in [0.5, 0.6) is 0 Å². The zero-order valence-electron chi connectivity index (χ0n) is 19.0. The number of allylic oxidation sites excluding steroid dienone is 1. The summed E-state index contributed by atoms with van der Waals surface area (Å²) in [7, 11) is 2.71. The third kappa shape index (κ3) is 5.38. The molecule has 2 aromatic carbocycles. The van der Waals surface area contributed by atoms with Crippen molar-refractivity contribution in [1.29, 1.82) is 0 Å². The lowest BCUT2D eigenvalue weighted by Gasteiger charge is -2.28. The number of ether oxygens (including phenoxy) is 2. The predicted molar refractivity (Wildman–Crippen MR) is 126 cm³/mol. The fourth-order valence-corrected chi connectivity index (χ4v) is 3.66. The second-order valence-corrected chi connectivity index (χ2v) is 7.60. The monoisotopic (exact) mass is 434 g/mol. The van der Waals surface area contributed by atoms with E-state index in [1.807, 2.05) is 48.5 Å². The molecule has 1 unspecified atom stereocenters. The SMILES string of the molecule is CCc1ccc(NC2=C(C(=O)OC)CC(Nc3ccc(CC)cc3)C(C(=O)OC)=C2)cc1. The summed E-state index contributed by atoms with van der Waals surface area (Å²) in [4.78, 5) is 25.2. The van der Waals surface area contributed by atoms with Crippen molar-refractivity contribution in [3.05, 3.63) is 82.6 Å². The zero-order valence-corrected chi connectivity index (χ0v) is 19.0. The van der Waals surface area contributed by atoms with Crippen molar-refractivity contribution in [2.45, 2.75) is 39.2 Å². The second kappa shape index (κ2) is 10.7. The van der Waals surface area contributed by atoms with Crippen LogP contribution in [0.3, 0.4) is 0 Å². The number of rotatable bonds is 8. The minimum Gasteiger partial charge on any atom is -0.466 e. The van der Waals surface area contributed by atoms with E-state index in [9.17, 15) is 9.59 Å². The molecule has 32 heavy (non-hydrogen) atoms. The van der Waals surface area contributed by atoms with E-state index in [2.05, 4.69) is 24.5 Å². The largest absolute Gasteiger partial charge is 0.466 e. The van der Waals surface area contributed by atoms with E-state index in [0.29, 0.717) is 16.8 Å². The van der Waals surface area contributed by atoms with Crippen molar-refractivity contribution in [3.8, 4) is 0 Å². The number of aryl methyl sites for hydroxylation is 2. The highest BCUT2D eigenvalue weighted by atomic mass is 16.5. The molecule has 0 aliphatic heterocycles. The Morgan fingerprint density at radius 1 is 0.844 bits per heavy atom. The Balaban J connectivity index is 1.95. The molecule has 2 N–H and O–H groups in total. The van der Waals surface area contributed by atoms with Gasteiger partial charge in [0.1, 0.15) is 0 Å². The number of carbonyl (C=O) groups excluding carboxylic acids is 2. The average molecular weight is 435 g/mol. The van der Waals surface area contributed by atoms with Crippen LogP contribution in [0.4, 0.5) is 11.4 Å². The Hall–Kier alpha value is -3.54. The van der Waals surface area contributed by atoms with Crippen molar-refractivity contribution in [3.63, 3.8) is 0 Å². The van der Waals surface area contributed by atoms with Crippen LogP contribution < -0.4 is 10.6 Å². The van der Waals surface area contributed by atoms with Gasteiger partial charge in [0.15, 0.2) is 0 Å². The van der Waals surface area contributed by atoms with Crippen molar-refractivity contribution < 1.29 is 19.1 Å². The van der Waals surface area contributed by atoms with Crippen LogP contribution >= 0.6 is 0 Å². The van der Waals surface area contributed by atoms with Crippen molar-refractivity contribution in [1.82, 2.24) is 0 Å². The summed E-state index contributed by atoms with van der Waals surface area (Å²) in [6.07, 6.45) is 3.84. The summed E-state index contributed by atoms with van der Waals surface area (Å²) in [5.74, 6) is -0.886. The van der Waals surface area contributed by atoms with E-state index < -0.39 is 18.0 Å². The van der Waals surface area contributed by atoms with Gasteiger partial charge in [-0.2, -0.15) is 0 Å². The number of methoxy groups -OCH3 is 2. The van der Waals surface area contributed by atoms with Gasteiger partial charge >= 0.3 is 11.9 Å². The number of esters is 2. The molecule has 1 aliphatic rings. The first kappa shape index (κ1) is 23.1. The normalized spacial score (nSPS) is 15.6. The molecular weight excluding hydrogens is 404 g/mol. The molecule has 6 heteroatoms. The Morgan fingerprint density at radius 2 is 1.38 bits per heavy atom. The molecule has 0 saturated carbocycles. The van der Waals surface area contributed by atoms with Crippen LogP contribution in [-0.2, 0) is 31.9 Å². The molecule has 0 amide bonds. The van der Waals surface area contributed by atoms with E-state index >= 15 is 0 Å². The molecule has 0 aromatic heterocycles. The van der Waals surface area contributed by atoms with Crippen LogP contribution in [0.2, 0.25) is 0 Å². The third-order valence-corrected chi connectivity index (χ3v) is 5.61. The topological polar surface area (TPSA) is 76.7 Å². The fourth-order valence-electron chi connectivity index (χ4n) is 3.66. The highest BCUT2D eigenvalue weighted by Crippen LogP contribution is 2.30. The van der Waals surface area contributed by atoms with E-state index in [4.69, 9.17) is 9.47 Å². The average Bonchev–Trinajstić information content (AvgIpc) is 2.84. The molecule has 0 radical (unpaired) electrons. The van der Waals surface area contributed by atoms with Crippen molar-refractivity contribution in [2.24, 2.45) is 0 Å². The first-order valence-electron chi connectivity index (χ1n) is 10.8. The van der Waals surface area contributed by atoms with Crippen LogP contribution in [0, 0.1) is 0 Å². The van der Waals surface area contributed by atoms with Crippen molar-refractivity contribution >= 4 is 23.3 Å². The molecule has 2 aromatic rings. The number of hydrogen-bond acceptors (Lipinski definition) is 6. The van der Waals surface area contributed by atoms with Gasteiger partial charge in [0.25, 0.3) is 0 Å². The summed E-state index contributed by atoms with van der Waals surface area (Å²) in [6, 6.07) is 15.5. The second-order valence-electron chi connectivity index (χ2n) is 7.60. The Morgan fingerprint density at radius 3 is 1.88 bits per heavy atom. The molecule has 0 fully saturated rings. The van der Waals surface area contributed by atoms with Gasteiger partial charge in [-0.15, -0.1) is 0 Å². The first-order valence-corrected chi connectivity index (χ1v) is 10.8. The minimum absolute atomic E-state index is 0.276. The number of nitrogens with one attached hydrogen (secondary N) is 2. The van der Waals surface area contributed by atoms with Gasteiger partial charge in [0, 0.05) is 23.5 Å². The summed E-state index contributed by atoms with van der Waals surface area (Å²) in [5.41, 5.74) is 5.54. The summed E-state index contributed by atoms with van der Waals surface area (Å²) >= 11 is 0. The van der Waals surface area contributed by atoms with E-state index in [1.54, 1.807) is 6.08 Å². The van der Waals surface area contributed by atoms with Gasteiger partial charge in [-0.3, -0.25) is 0 Å². The molecule has 3 rings (SSSR count). The zero-order chi connectivity index (χ0) is 23.1. The standard InChI is InChI=1S/C26H30N2O4/c1-5-17-7-11-19(12-8-17)27-23-15-22(26(30)32-4)24(16-21(23)25(29)31-3)28-20-13-9-18(6-2)10-14-20/h7-15,24,27-28H,5-6,16H2,1-4H3. The molecule has 1 aliphatic carbocycles. The van der Waals surface area contributed by atoms with Gasteiger partial charge < -0.3 is 20.1 Å². The lowest BCUT2D eigenvalue weighted by atomic mass is 9.90.